The minimum atomic E-state index is -0.400. The Morgan fingerprint density at radius 3 is 2.42 bits per heavy atom. The molecule has 6 heteroatoms. The summed E-state index contributed by atoms with van der Waals surface area (Å²) in [5.74, 6) is -0.701. The summed E-state index contributed by atoms with van der Waals surface area (Å²) in [4.78, 5) is 35.4. The molecule has 0 aliphatic heterocycles. The lowest BCUT2D eigenvalue weighted by Crippen LogP contribution is -2.21. The number of benzene rings is 1. The molecular weight excluding hydrogens is 334 g/mol. The number of carbonyl (C=O) groups is 3. The standard InChI is InChI=1S/C20H27NO5/c1-2-3-12-25-20(24)16-8-10-17(11-9-16)21-18(22)14-26-19(23)13-15-6-4-5-7-15/h8-11,15H,2-7,12-14H2,1H3,(H,21,22). The molecule has 1 aromatic rings. The maximum Gasteiger partial charge on any atom is 0.338 e. The van der Waals surface area contributed by atoms with Gasteiger partial charge in [0.25, 0.3) is 5.91 Å². The maximum absolute atomic E-state index is 11.9. The highest BCUT2D eigenvalue weighted by Crippen LogP contribution is 2.27. The van der Waals surface area contributed by atoms with Crippen molar-refractivity contribution in [1.82, 2.24) is 0 Å². The third-order valence-corrected chi connectivity index (χ3v) is 4.43. The van der Waals surface area contributed by atoms with Crippen LogP contribution in [0.15, 0.2) is 24.3 Å². The van der Waals surface area contributed by atoms with E-state index in [0.29, 0.717) is 30.2 Å². The van der Waals surface area contributed by atoms with E-state index in [1.54, 1.807) is 24.3 Å². The molecule has 0 aromatic heterocycles. The molecule has 1 aromatic carbocycles. The number of carbonyl (C=O) groups excluding carboxylic acids is 3. The van der Waals surface area contributed by atoms with Gasteiger partial charge >= 0.3 is 11.9 Å². The zero-order chi connectivity index (χ0) is 18.8. The Kier molecular flexibility index (Phi) is 8.12. The lowest BCUT2D eigenvalue weighted by atomic mass is 10.1. The lowest BCUT2D eigenvalue weighted by molar-refractivity contribution is -0.148. The number of unbranched alkanes of at least 4 members (excludes halogenated alkanes) is 1. The van der Waals surface area contributed by atoms with Gasteiger partial charge in [-0.1, -0.05) is 26.2 Å². The Bertz CT molecular complexity index is 605. The van der Waals surface area contributed by atoms with Gasteiger partial charge in [-0.05, 0) is 49.4 Å². The molecule has 6 nitrogen and oxygen atoms in total. The van der Waals surface area contributed by atoms with Gasteiger partial charge in [0.15, 0.2) is 6.61 Å². The minimum absolute atomic E-state index is 0.299. The number of hydrogen-bond donors (Lipinski definition) is 1. The molecule has 2 rings (SSSR count). The number of amides is 1. The van der Waals surface area contributed by atoms with Crippen LogP contribution in [0.5, 0.6) is 0 Å². The van der Waals surface area contributed by atoms with Crippen molar-refractivity contribution in [2.75, 3.05) is 18.5 Å². The smallest absolute Gasteiger partial charge is 0.338 e. The number of rotatable bonds is 9. The molecular formula is C20H27NO5. The summed E-state index contributed by atoms with van der Waals surface area (Å²) in [5, 5.41) is 2.64. The summed E-state index contributed by atoms with van der Waals surface area (Å²) in [6.45, 7) is 2.13. The largest absolute Gasteiger partial charge is 0.462 e. The van der Waals surface area contributed by atoms with Crippen LogP contribution in [0.2, 0.25) is 0 Å². The second-order valence-electron chi connectivity index (χ2n) is 6.63. The summed E-state index contributed by atoms with van der Waals surface area (Å²) < 4.78 is 10.2. The van der Waals surface area contributed by atoms with Crippen LogP contribution in [0.3, 0.4) is 0 Å². The molecule has 1 aliphatic rings. The van der Waals surface area contributed by atoms with Crippen molar-refractivity contribution < 1.29 is 23.9 Å². The van der Waals surface area contributed by atoms with Crippen LogP contribution in [-0.4, -0.2) is 31.1 Å². The lowest BCUT2D eigenvalue weighted by Gasteiger charge is -2.10. The Morgan fingerprint density at radius 2 is 1.77 bits per heavy atom. The molecule has 142 valence electrons. The van der Waals surface area contributed by atoms with Crippen molar-refractivity contribution >= 4 is 23.5 Å². The van der Waals surface area contributed by atoms with Gasteiger partial charge in [-0.2, -0.15) is 0 Å². The predicted octanol–water partition coefficient (Wildman–Crippen LogP) is 3.71. The van der Waals surface area contributed by atoms with Crippen molar-refractivity contribution in [3.63, 3.8) is 0 Å². The Hall–Kier alpha value is -2.37. The molecule has 0 saturated heterocycles. The van der Waals surface area contributed by atoms with Gasteiger partial charge in [-0.25, -0.2) is 4.79 Å². The van der Waals surface area contributed by atoms with E-state index < -0.39 is 5.91 Å². The highest BCUT2D eigenvalue weighted by molar-refractivity contribution is 5.94. The minimum Gasteiger partial charge on any atom is -0.462 e. The van der Waals surface area contributed by atoms with E-state index in [2.05, 4.69) is 5.32 Å². The Labute approximate surface area is 154 Å². The van der Waals surface area contributed by atoms with Crippen molar-refractivity contribution in [3.8, 4) is 0 Å². The zero-order valence-electron chi connectivity index (χ0n) is 15.3. The van der Waals surface area contributed by atoms with Gasteiger partial charge < -0.3 is 14.8 Å². The summed E-state index contributed by atoms with van der Waals surface area (Å²) in [5.41, 5.74) is 0.967. The van der Waals surface area contributed by atoms with E-state index in [9.17, 15) is 14.4 Å². The molecule has 0 unspecified atom stereocenters. The van der Waals surface area contributed by atoms with Gasteiger partial charge in [-0.15, -0.1) is 0 Å². The fraction of sp³-hybridized carbons (Fsp3) is 0.550. The van der Waals surface area contributed by atoms with Crippen molar-refractivity contribution in [2.24, 2.45) is 5.92 Å². The molecule has 1 fully saturated rings. The van der Waals surface area contributed by atoms with Crippen LogP contribution in [-0.2, 0) is 19.1 Å². The van der Waals surface area contributed by atoms with Gasteiger partial charge in [-0.3, -0.25) is 9.59 Å². The van der Waals surface area contributed by atoms with Crippen LogP contribution >= 0.6 is 0 Å². The highest BCUT2D eigenvalue weighted by atomic mass is 16.5. The topological polar surface area (TPSA) is 81.7 Å². The van der Waals surface area contributed by atoms with Crippen molar-refractivity contribution in [3.05, 3.63) is 29.8 Å². The first-order valence-corrected chi connectivity index (χ1v) is 9.31. The van der Waals surface area contributed by atoms with Crippen LogP contribution in [0.4, 0.5) is 5.69 Å². The van der Waals surface area contributed by atoms with E-state index in [-0.39, 0.29) is 18.5 Å². The van der Waals surface area contributed by atoms with Gasteiger partial charge in [0.2, 0.25) is 0 Å². The number of ether oxygens (including phenoxy) is 2. The molecule has 1 amide bonds. The second-order valence-corrected chi connectivity index (χ2v) is 6.63. The van der Waals surface area contributed by atoms with E-state index in [4.69, 9.17) is 9.47 Å². The predicted molar refractivity (Wildman–Crippen MR) is 97.8 cm³/mol. The van der Waals surface area contributed by atoms with Crippen LogP contribution in [0.25, 0.3) is 0 Å². The van der Waals surface area contributed by atoms with Crippen LogP contribution < -0.4 is 5.32 Å². The number of hydrogen-bond acceptors (Lipinski definition) is 5. The summed E-state index contributed by atoms with van der Waals surface area (Å²) in [7, 11) is 0. The van der Waals surface area contributed by atoms with E-state index in [0.717, 1.165) is 25.7 Å². The molecule has 0 atom stereocenters. The number of anilines is 1. The van der Waals surface area contributed by atoms with Crippen LogP contribution in [0.1, 0.15) is 62.2 Å². The molecule has 0 spiro atoms. The normalized spacial score (nSPS) is 14.0. The summed E-state index contributed by atoms with van der Waals surface area (Å²) >= 11 is 0. The molecule has 0 radical (unpaired) electrons. The average molecular weight is 361 g/mol. The summed E-state index contributed by atoms with van der Waals surface area (Å²) in [6, 6.07) is 6.43. The first kappa shape index (κ1) is 19.9. The zero-order valence-corrected chi connectivity index (χ0v) is 15.3. The first-order valence-electron chi connectivity index (χ1n) is 9.31. The molecule has 0 heterocycles. The molecule has 1 N–H and O–H groups in total. The fourth-order valence-electron chi connectivity index (χ4n) is 2.93. The molecule has 0 bridgehead atoms. The quantitative estimate of drug-likeness (QED) is 0.536. The van der Waals surface area contributed by atoms with Gasteiger partial charge in [0.05, 0.1) is 12.2 Å². The van der Waals surface area contributed by atoms with E-state index >= 15 is 0 Å². The average Bonchev–Trinajstić information content (AvgIpc) is 3.13. The SMILES string of the molecule is CCCCOC(=O)c1ccc(NC(=O)COC(=O)CC2CCCC2)cc1. The first-order chi connectivity index (χ1) is 12.6. The second kappa shape index (κ2) is 10.6. The fourth-order valence-corrected chi connectivity index (χ4v) is 2.93. The summed E-state index contributed by atoms with van der Waals surface area (Å²) in [6.07, 6.45) is 6.65. The van der Waals surface area contributed by atoms with Crippen LogP contribution in [0, 0.1) is 5.92 Å². The van der Waals surface area contributed by atoms with Gasteiger partial charge in [0, 0.05) is 12.1 Å². The molecule has 1 saturated carbocycles. The monoisotopic (exact) mass is 361 g/mol. The van der Waals surface area contributed by atoms with E-state index in [1.807, 2.05) is 6.92 Å². The van der Waals surface area contributed by atoms with E-state index in [1.165, 1.54) is 12.8 Å². The Balaban J connectivity index is 1.71. The van der Waals surface area contributed by atoms with Crippen molar-refractivity contribution in [1.29, 1.82) is 0 Å². The van der Waals surface area contributed by atoms with Gasteiger partial charge in [0.1, 0.15) is 0 Å². The maximum atomic E-state index is 11.9. The van der Waals surface area contributed by atoms with Crippen molar-refractivity contribution in [2.45, 2.75) is 51.9 Å². The molecule has 1 aliphatic carbocycles. The highest BCUT2D eigenvalue weighted by Gasteiger charge is 2.19. The number of esters is 2. The third-order valence-electron chi connectivity index (χ3n) is 4.43. The molecule has 26 heavy (non-hydrogen) atoms. The number of nitrogens with one attached hydrogen (secondary N) is 1. The third kappa shape index (κ3) is 6.86. The Morgan fingerprint density at radius 1 is 1.08 bits per heavy atom.